The van der Waals surface area contributed by atoms with Gasteiger partial charge in [0, 0.05) is 29.9 Å². The van der Waals surface area contributed by atoms with Crippen molar-refractivity contribution < 1.29 is 9.72 Å². The van der Waals surface area contributed by atoms with Gasteiger partial charge >= 0.3 is 0 Å². The van der Waals surface area contributed by atoms with Gasteiger partial charge in [-0.15, -0.1) is 0 Å². The molecule has 4 rings (SSSR count). The van der Waals surface area contributed by atoms with Gasteiger partial charge < -0.3 is 10.2 Å². The summed E-state index contributed by atoms with van der Waals surface area (Å²) < 4.78 is 0. The summed E-state index contributed by atoms with van der Waals surface area (Å²) in [6.45, 7) is 0.397. The number of anilines is 1. The van der Waals surface area contributed by atoms with E-state index in [4.69, 9.17) is 0 Å². The standard InChI is InChI=1S/C21H17N3O3/c25-21-18-11-4-5-12-19(18)22-20(16-9-6-10-17(13-16)24(26)27)23(21)14-15-7-2-1-3-8-15/h1-13,20,22H,14H2/t20-/m0/s1. The third-order valence-electron chi connectivity index (χ3n) is 4.61. The molecule has 1 N–H and O–H groups in total. The van der Waals surface area contributed by atoms with Crippen molar-refractivity contribution in [3.8, 4) is 0 Å². The maximum atomic E-state index is 13.2. The van der Waals surface area contributed by atoms with Crippen molar-refractivity contribution in [1.29, 1.82) is 0 Å². The maximum Gasteiger partial charge on any atom is 0.269 e. The molecule has 134 valence electrons. The van der Waals surface area contributed by atoms with Crippen molar-refractivity contribution in [2.45, 2.75) is 12.7 Å². The van der Waals surface area contributed by atoms with E-state index in [1.54, 1.807) is 23.1 Å². The van der Waals surface area contributed by atoms with Crippen molar-refractivity contribution in [3.63, 3.8) is 0 Å². The highest BCUT2D eigenvalue weighted by atomic mass is 16.6. The van der Waals surface area contributed by atoms with Crippen LogP contribution < -0.4 is 5.32 Å². The summed E-state index contributed by atoms with van der Waals surface area (Å²) in [4.78, 5) is 25.6. The molecule has 3 aromatic rings. The average molecular weight is 359 g/mol. The van der Waals surface area contributed by atoms with Crippen LogP contribution in [0.25, 0.3) is 0 Å². The zero-order chi connectivity index (χ0) is 18.8. The van der Waals surface area contributed by atoms with Crippen molar-refractivity contribution >= 4 is 17.3 Å². The number of benzene rings is 3. The van der Waals surface area contributed by atoms with E-state index in [9.17, 15) is 14.9 Å². The molecule has 1 heterocycles. The molecule has 1 amide bonds. The molecule has 0 aliphatic carbocycles. The number of rotatable bonds is 4. The second kappa shape index (κ2) is 6.92. The van der Waals surface area contributed by atoms with E-state index in [-0.39, 0.29) is 11.6 Å². The van der Waals surface area contributed by atoms with Crippen LogP contribution in [0.4, 0.5) is 11.4 Å². The molecule has 0 saturated carbocycles. The number of non-ortho nitro benzene ring substituents is 1. The molecule has 1 aliphatic heterocycles. The maximum absolute atomic E-state index is 13.2. The largest absolute Gasteiger partial charge is 0.361 e. The van der Waals surface area contributed by atoms with Crippen LogP contribution in [0.3, 0.4) is 0 Å². The molecule has 0 fully saturated rings. The van der Waals surface area contributed by atoms with Gasteiger partial charge in [-0.25, -0.2) is 0 Å². The van der Waals surface area contributed by atoms with Crippen molar-refractivity contribution in [3.05, 3.63) is 106 Å². The van der Waals surface area contributed by atoms with Crippen LogP contribution in [0.1, 0.15) is 27.7 Å². The molecule has 0 radical (unpaired) electrons. The fourth-order valence-electron chi connectivity index (χ4n) is 3.31. The van der Waals surface area contributed by atoms with Crippen LogP contribution in [0.5, 0.6) is 0 Å². The predicted molar refractivity (Wildman–Crippen MR) is 102 cm³/mol. The smallest absolute Gasteiger partial charge is 0.269 e. The predicted octanol–water partition coefficient (Wildman–Crippen LogP) is 4.36. The van der Waals surface area contributed by atoms with E-state index in [2.05, 4.69) is 5.32 Å². The van der Waals surface area contributed by atoms with Gasteiger partial charge in [0.25, 0.3) is 11.6 Å². The zero-order valence-electron chi connectivity index (χ0n) is 14.4. The van der Waals surface area contributed by atoms with Gasteiger partial charge in [-0.3, -0.25) is 14.9 Å². The van der Waals surface area contributed by atoms with Gasteiger partial charge in [-0.2, -0.15) is 0 Å². The first-order valence-electron chi connectivity index (χ1n) is 8.58. The molecule has 1 atom stereocenters. The number of hydrogen-bond donors (Lipinski definition) is 1. The van der Waals surface area contributed by atoms with E-state index in [0.29, 0.717) is 17.7 Å². The first kappa shape index (κ1) is 16.8. The van der Waals surface area contributed by atoms with Crippen molar-refractivity contribution in [1.82, 2.24) is 4.90 Å². The first-order valence-corrected chi connectivity index (χ1v) is 8.58. The molecule has 6 heteroatoms. The number of nitro benzene ring substituents is 1. The van der Waals surface area contributed by atoms with Gasteiger partial charge in [0.2, 0.25) is 0 Å². The summed E-state index contributed by atoms with van der Waals surface area (Å²) in [6, 6.07) is 23.4. The molecule has 0 saturated heterocycles. The highest BCUT2D eigenvalue weighted by molar-refractivity contribution is 6.01. The molecule has 1 aliphatic rings. The summed E-state index contributed by atoms with van der Waals surface area (Å²) in [5.74, 6) is -0.107. The third kappa shape index (κ3) is 3.25. The number of nitrogens with zero attached hydrogens (tertiary/aromatic N) is 2. The summed E-state index contributed by atoms with van der Waals surface area (Å²) >= 11 is 0. The minimum absolute atomic E-state index is 0.000249. The SMILES string of the molecule is O=C1c2ccccc2N[C@H](c2cccc([N+](=O)[O-])c2)N1Cc1ccccc1. The molecule has 27 heavy (non-hydrogen) atoms. The highest BCUT2D eigenvalue weighted by Gasteiger charge is 2.33. The Bertz CT molecular complexity index is 1000. The van der Waals surface area contributed by atoms with E-state index < -0.39 is 11.1 Å². The number of amides is 1. The van der Waals surface area contributed by atoms with Crippen LogP contribution in [0.2, 0.25) is 0 Å². The summed E-state index contributed by atoms with van der Waals surface area (Å²) in [5.41, 5.74) is 2.98. The lowest BCUT2D eigenvalue weighted by atomic mass is 10.0. The highest BCUT2D eigenvalue weighted by Crippen LogP contribution is 2.35. The minimum atomic E-state index is -0.493. The van der Waals surface area contributed by atoms with E-state index in [0.717, 1.165) is 11.3 Å². The molecule has 3 aromatic carbocycles. The lowest BCUT2D eigenvalue weighted by Gasteiger charge is -2.38. The Hall–Kier alpha value is -3.67. The minimum Gasteiger partial charge on any atom is -0.361 e. The first-order chi connectivity index (χ1) is 13.1. The number of carbonyl (C=O) groups is 1. The van der Waals surface area contributed by atoms with Gasteiger partial charge in [0.05, 0.1) is 10.5 Å². The quantitative estimate of drug-likeness (QED) is 0.555. The van der Waals surface area contributed by atoms with E-state index in [1.165, 1.54) is 12.1 Å². The number of nitro groups is 1. The number of fused-ring (bicyclic) bond motifs is 1. The van der Waals surface area contributed by atoms with Gasteiger partial charge in [0.15, 0.2) is 0 Å². The van der Waals surface area contributed by atoms with Crippen LogP contribution >= 0.6 is 0 Å². The molecule has 0 aromatic heterocycles. The fourth-order valence-corrected chi connectivity index (χ4v) is 3.31. The number of para-hydroxylation sites is 1. The Balaban J connectivity index is 1.78. The molecular weight excluding hydrogens is 342 g/mol. The lowest BCUT2D eigenvalue weighted by Crippen LogP contribution is -2.42. The monoisotopic (exact) mass is 359 g/mol. The summed E-state index contributed by atoms with van der Waals surface area (Å²) in [7, 11) is 0. The Morgan fingerprint density at radius 2 is 1.70 bits per heavy atom. The average Bonchev–Trinajstić information content (AvgIpc) is 2.71. The Labute approximate surface area is 156 Å². The van der Waals surface area contributed by atoms with Crippen LogP contribution in [-0.4, -0.2) is 15.7 Å². The lowest BCUT2D eigenvalue weighted by molar-refractivity contribution is -0.384. The third-order valence-corrected chi connectivity index (χ3v) is 4.61. The fraction of sp³-hybridized carbons (Fsp3) is 0.0952. The summed E-state index contributed by atoms with van der Waals surface area (Å²) in [6.07, 6.45) is -0.493. The second-order valence-electron chi connectivity index (χ2n) is 6.36. The van der Waals surface area contributed by atoms with Crippen LogP contribution in [-0.2, 0) is 6.54 Å². The number of carbonyl (C=O) groups excluding carboxylic acids is 1. The van der Waals surface area contributed by atoms with Crippen molar-refractivity contribution in [2.75, 3.05) is 5.32 Å². The van der Waals surface area contributed by atoms with E-state index in [1.807, 2.05) is 48.5 Å². The number of hydrogen-bond acceptors (Lipinski definition) is 4. The molecule has 0 spiro atoms. The van der Waals surface area contributed by atoms with Crippen molar-refractivity contribution in [2.24, 2.45) is 0 Å². The molecular formula is C21H17N3O3. The van der Waals surface area contributed by atoms with Crippen LogP contribution in [0.15, 0.2) is 78.9 Å². The Morgan fingerprint density at radius 1 is 0.963 bits per heavy atom. The molecule has 0 unspecified atom stereocenters. The topological polar surface area (TPSA) is 75.5 Å². The molecule has 0 bridgehead atoms. The van der Waals surface area contributed by atoms with Crippen LogP contribution in [0, 0.1) is 10.1 Å². The second-order valence-corrected chi connectivity index (χ2v) is 6.36. The van der Waals surface area contributed by atoms with Gasteiger partial charge in [-0.1, -0.05) is 54.6 Å². The normalized spacial score (nSPS) is 15.8. The Kier molecular flexibility index (Phi) is 4.30. The molecule has 6 nitrogen and oxygen atoms in total. The Morgan fingerprint density at radius 3 is 2.48 bits per heavy atom. The zero-order valence-corrected chi connectivity index (χ0v) is 14.4. The van der Waals surface area contributed by atoms with E-state index >= 15 is 0 Å². The summed E-state index contributed by atoms with van der Waals surface area (Å²) in [5, 5.41) is 14.5. The van der Waals surface area contributed by atoms with Gasteiger partial charge in [0.1, 0.15) is 6.17 Å². The number of nitrogens with one attached hydrogen (secondary N) is 1. The van der Waals surface area contributed by atoms with Gasteiger partial charge in [-0.05, 0) is 17.7 Å².